The SMILES string of the molecule is CC(C)(C)OC(=O)CNC(=O)C1=C(O)CCN(Cc2ccc(C3CCCC3)cc2)C1=O. The van der Waals surface area contributed by atoms with Gasteiger partial charge in [0.25, 0.3) is 11.8 Å². The van der Waals surface area contributed by atoms with Crippen molar-refractivity contribution in [3.8, 4) is 0 Å². The molecule has 1 aliphatic carbocycles. The van der Waals surface area contributed by atoms with Gasteiger partial charge in [0.05, 0.1) is 0 Å². The van der Waals surface area contributed by atoms with Crippen molar-refractivity contribution in [3.05, 3.63) is 46.7 Å². The Hall–Kier alpha value is -2.83. The minimum absolute atomic E-state index is 0.196. The van der Waals surface area contributed by atoms with Crippen LogP contribution >= 0.6 is 0 Å². The van der Waals surface area contributed by atoms with Gasteiger partial charge in [-0.2, -0.15) is 0 Å². The summed E-state index contributed by atoms with van der Waals surface area (Å²) in [5.41, 5.74) is 1.34. The molecule has 3 rings (SSSR count). The van der Waals surface area contributed by atoms with Gasteiger partial charge in [0, 0.05) is 19.5 Å². The summed E-state index contributed by atoms with van der Waals surface area (Å²) in [6.07, 6.45) is 5.22. The molecule has 31 heavy (non-hydrogen) atoms. The summed E-state index contributed by atoms with van der Waals surface area (Å²) in [6.45, 7) is 5.50. The van der Waals surface area contributed by atoms with Gasteiger partial charge in [0.1, 0.15) is 23.5 Å². The molecule has 7 nitrogen and oxygen atoms in total. The van der Waals surface area contributed by atoms with Gasteiger partial charge >= 0.3 is 5.97 Å². The van der Waals surface area contributed by atoms with Crippen LogP contribution in [0.5, 0.6) is 0 Å². The number of esters is 1. The second kappa shape index (κ2) is 9.54. The number of benzene rings is 1. The number of carbonyl (C=O) groups excluding carboxylic acids is 3. The minimum Gasteiger partial charge on any atom is -0.511 e. The van der Waals surface area contributed by atoms with Gasteiger partial charge in [-0.05, 0) is 50.7 Å². The van der Waals surface area contributed by atoms with Gasteiger partial charge in [-0.3, -0.25) is 14.4 Å². The highest BCUT2D eigenvalue weighted by molar-refractivity contribution is 6.19. The van der Waals surface area contributed by atoms with E-state index in [0.717, 1.165) is 5.56 Å². The monoisotopic (exact) mass is 428 g/mol. The molecule has 0 atom stereocenters. The van der Waals surface area contributed by atoms with Crippen LogP contribution in [0, 0.1) is 0 Å². The Morgan fingerprint density at radius 3 is 2.42 bits per heavy atom. The van der Waals surface area contributed by atoms with Crippen molar-refractivity contribution in [3.63, 3.8) is 0 Å². The summed E-state index contributed by atoms with van der Waals surface area (Å²) in [5.74, 6) is -1.53. The van der Waals surface area contributed by atoms with Crippen LogP contribution in [-0.4, -0.2) is 46.5 Å². The summed E-state index contributed by atoms with van der Waals surface area (Å²) in [7, 11) is 0. The Balaban J connectivity index is 1.60. The molecule has 2 N–H and O–H groups in total. The summed E-state index contributed by atoms with van der Waals surface area (Å²) in [5, 5.41) is 12.5. The summed E-state index contributed by atoms with van der Waals surface area (Å²) >= 11 is 0. The molecule has 0 saturated heterocycles. The third-order valence-electron chi connectivity index (χ3n) is 5.63. The lowest BCUT2D eigenvalue weighted by molar-refractivity contribution is -0.154. The predicted molar refractivity (Wildman–Crippen MR) is 116 cm³/mol. The van der Waals surface area contributed by atoms with E-state index in [0.29, 0.717) is 19.0 Å². The lowest BCUT2D eigenvalue weighted by atomic mass is 9.96. The summed E-state index contributed by atoms with van der Waals surface area (Å²) in [4.78, 5) is 38.7. The minimum atomic E-state index is -0.769. The number of hydrogen-bond donors (Lipinski definition) is 2. The molecule has 2 amide bonds. The van der Waals surface area contributed by atoms with Crippen LogP contribution < -0.4 is 5.32 Å². The molecule has 0 aromatic heterocycles. The Labute approximate surface area is 183 Å². The van der Waals surface area contributed by atoms with E-state index in [2.05, 4.69) is 17.4 Å². The maximum atomic E-state index is 12.9. The smallest absolute Gasteiger partial charge is 0.325 e. The van der Waals surface area contributed by atoms with Gasteiger partial charge in [-0.1, -0.05) is 37.1 Å². The van der Waals surface area contributed by atoms with Crippen molar-refractivity contribution in [1.82, 2.24) is 10.2 Å². The Morgan fingerprint density at radius 1 is 1.16 bits per heavy atom. The van der Waals surface area contributed by atoms with Gasteiger partial charge in [0.15, 0.2) is 0 Å². The normalized spacial score (nSPS) is 17.8. The van der Waals surface area contributed by atoms with E-state index in [1.54, 1.807) is 25.7 Å². The standard InChI is InChI=1S/C24H32N2O5/c1-24(2,3)31-20(28)14-25-22(29)21-19(27)12-13-26(23(21)30)15-16-8-10-18(11-9-16)17-6-4-5-7-17/h8-11,17,27H,4-7,12-15H2,1-3H3,(H,25,29). The van der Waals surface area contributed by atoms with Gasteiger partial charge in [-0.25, -0.2) is 0 Å². The van der Waals surface area contributed by atoms with Crippen molar-refractivity contribution >= 4 is 17.8 Å². The maximum absolute atomic E-state index is 12.9. The first-order chi connectivity index (χ1) is 14.6. The molecule has 1 aliphatic heterocycles. The van der Waals surface area contributed by atoms with E-state index in [1.807, 2.05) is 12.1 Å². The number of nitrogens with zero attached hydrogens (tertiary/aromatic N) is 1. The second-order valence-corrected chi connectivity index (χ2v) is 9.29. The number of hydrogen-bond acceptors (Lipinski definition) is 5. The summed E-state index contributed by atoms with van der Waals surface area (Å²) < 4.78 is 5.15. The molecule has 2 aliphatic rings. The highest BCUT2D eigenvalue weighted by Crippen LogP contribution is 2.34. The first-order valence-electron chi connectivity index (χ1n) is 10.9. The van der Waals surface area contributed by atoms with Crippen LogP contribution in [0.25, 0.3) is 0 Å². The van der Waals surface area contributed by atoms with Crippen molar-refractivity contribution in [2.75, 3.05) is 13.1 Å². The predicted octanol–water partition coefficient (Wildman–Crippen LogP) is 3.35. The van der Waals surface area contributed by atoms with E-state index in [4.69, 9.17) is 4.74 Å². The van der Waals surface area contributed by atoms with E-state index in [9.17, 15) is 19.5 Å². The number of ether oxygens (including phenoxy) is 1. The van der Waals surface area contributed by atoms with E-state index in [1.165, 1.54) is 31.2 Å². The Kier molecular flexibility index (Phi) is 7.03. The van der Waals surface area contributed by atoms with Crippen LogP contribution in [-0.2, 0) is 25.7 Å². The molecule has 168 valence electrons. The highest BCUT2D eigenvalue weighted by Gasteiger charge is 2.32. The topological polar surface area (TPSA) is 95.9 Å². The molecular formula is C24H32N2O5. The zero-order valence-corrected chi connectivity index (χ0v) is 18.6. The molecule has 1 aromatic carbocycles. The first-order valence-corrected chi connectivity index (χ1v) is 10.9. The Bertz CT molecular complexity index is 861. The molecule has 1 fully saturated rings. The largest absolute Gasteiger partial charge is 0.511 e. The number of nitrogens with one attached hydrogen (secondary N) is 1. The Morgan fingerprint density at radius 2 is 1.81 bits per heavy atom. The number of carbonyl (C=O) groups is 3. The molecule has 7 heteroatoms. The molecule has 1 saturated carbocycles. The average Bonchev–Trinajstić information content (AvgIpc) is 3.23. The molecule has 0 unspecified atom stereocenters. The number of aliphatic hydroxyl groups excluding tert-OH is 1. The maximum Gasteiger partial charge on any atom is 0.325 e. The zero-order chi connectivity index (χ0) is 22.6. The van der Waals surface area contributed by atoms with Crippen LogP contribution in [0.2, 0.25) is 0 Å². The van der Waals surface area contributed by atoms with Crippen LogP contribution in [0.3, 0.4) is 0 Å². The van der Waals surface area contributed by atoms with Crippen molar-refractivity contribution < 1.29 is 24.2 Å². The van der Waals surface area contributed by atoms with Crippen molar-refractivity contribution in [2.24, 2.45) is 0 Å². The van der Waals surface area contributed by atoms with Crippen molar-refractivity contribution in [1.29, 1.82) is 0 Å². The first kappa shape index (κ1) is 22.8. The molecule has 0 spiro atoms. The molecule has 0 radical (unpaired) electrons. The average molecular weight is 429 g/mol. The molecule has 1 aromatic rings. The highest BCUT2D eigenvalue weighted by atomic mass is 16.6. The number of rotatable bonds is 6. The quantitative estimate of drug-likeness (QED) is 0.535. The van der Waals surface area contributed by atoms with E-state index < -0.39 is 23.4 Å². The third kappa shape index (κ3) is 6.09. The summed E-state index contributed by atoms with van der Waals surface area (Å²) in [6, 6.07) is 8.31. The third-order valence-corrected chi connectivity index (χ3v) is 5.63. The van der Waals surface area contributed by atoms with Crippen LogP contribution in [0.4, 0.5) is 0 Å². The fourth-order valence-corrected chi connectivity index (χ4v) is 4.12. The molecular weight excluding hydrogens is 396 g/mol. The molecule has 1 heterocycles. The van der Waals surface area contributed by atoms with Gasteiger partial charge < -0.3 is 20.1 Å². The van der Waals surface area contributed by atoms with Crippen molar-refractivity contribution in [2.45, 2.75) is 70.9 Å². The number of amides is 2. The fraction of sp³-hybridized carbons (Fsp3) is 0.542. The number of aliphatic hydroxyl groups is 1. The van der Waals surface area contributed by atoms with E-state index >= 15 is 0 Å². The molecule has 0 bridgehead atoms. The van der Waals surface area contributed by atoms with Gasteiger partial charge in [-0.15, -0.1) is 0 Å². The fourth-order valence-electron chi connectivity index (χ4n) is 4.12. The van der Waals surface area contributed by atoms with E-state index in [-0.39, 0.29) is 24.3 Å². The lowest BCUT2D eigenvalue weighted by Gasteiger charge is -2.28. The second-order valence-electron chi connectivity index (χ2n) is 9.29. The van der Waals surface area contributed by atoms with Gasteiger partial charge in [0.2, 0.25) is 0 Å². The lowest BCUT2D eigenvalue weighted by Crippen LogP contribution is -2.43. The van der Waals surface area contributed by atoms with Crippen LogP contribution in [0.15, 0.2) is 35.6 Å². The zero-order valence-electron chi connectivity index (χ0n) is 18.6. The van der Waals surface area contributed by atoms with Crippen LogP contribution in [0.1, 0.15) is 69.9 Å².